The minimum Gasteiger partial charge on any atom is -0.493 e. The molecule has 0 fully saturated rings. The van der Waals surface area contributed by atoms with Crippen LogP contribution in [0.25, 0.3) is 0 Å². The van der Waals surface area contributed by atoms with Crippen LogP contribution in [0, 0.1) is 0 Å². The predicted octanol–water partition coefficient (Wildman–Crippen LogP) is 1.80. The number of nitrogens with zero attached hydrogens (tertiary/aromatic N) is 2. The number of aromatic nitrogens is 2. The molecule has 2 aromatic rings. The van der Waals surface area contributed by atoms with Gasteiger partial charge in [-0.3, -0.25) is 4.68 Å². The van der Waals surface area contributed by atoms with Crippen molar-refractivity contribution in [3.63, 3.8) is 0 Å². The van der Waals surface area contributed by atoms with Gasteiger partial charge in [-0.2, -0.15) is 5.10 Å². The van der Waals surface area contributed by atoms with E-state index < -0.39 is 0 Å². The van der Waals surface area contributed by atoms with Gasteiger partial charge in [-0.25, -0.2) is 0 Å². The molecule has 112 valence electrons. The molecule has 2 heterocycles. The van der Waals surface area contributed by atoms with E-state index in [1.54, 1.807) is 13.3 Å². The lowest BCUT2D eigenvalue weighted by Crippen LogP contribution is -2.16. The van der Waals surface area contributed by atoms with E-state index in [-0.39, 0.29) is 6.79 Å². The van der Waals surface area contributed by atoms with E-state index in [1.165, 1.54) is 0 Å². The number of hydrogen-bond acceptors (Lipinski definition) is 5. The van der Waals surface area contributed by atoms with Crippen LogP contribution < -0.4 is 19.5 Å². The zero-order valence-corrected chi connectivity index (χ0v) is 12.0. The Labute approximate surface area is 123 Å². The monoisotopic (exact) mass is 289 g/mol. The molecule has 1 aliphatic rings. The highest BCUT2D eigenvalue weighted by Crippen LogP contribution is 2.41. The van der Waals surface area contributed by atoms with E-state index in [0.717, 1.165) is 43.1 Å². The highest BCUT2D eigenvalue weighted by atomic mass is 16.7. The van der Waals surface area contributed by atoms with Crippen LogP contribution >= 0.6 is 0 Å². The Morgan fingerprint density at radius 2 is 2.33 bits per heavy atom. The normalized spacial score (nSPS) is 12.6. The molecule has 0 saturated carbocycles. The van der Waals surface area contributed by atoms with Gasteiger partial charge in [0.2, 0.25) is 12.5 Å². The number of fused-ring (bicyclic) bond motifs is 1. The van der Waals surface area contributed by atoms with Gasteiger partial charge in [-0.15, -0.1) is 0 Å². The second-order valence-electron chi connectivity index (χ2n) is 4.83. The van der Waals surface area contributed by atoms with Gasteiger partial charge in [-0.1, -0.05) is 0 Å². The van der Waals surface area contributed by atoms with Gasteiger partial charge >= 0.3 is 0 Å². The van der Waals surface area contributed by atoms with Crippen LogP contribution in [0.4, 0.5) is 0 Å². The molecule has 1 N–H and O–H groups in total. The zero-order chi connectivity index (χ0) is 14.5. The molecule has 0 unspecified atom stereocenters. The fourth-order valence-corrected chi connectivity index (χ4v) is 2.32. The van der Waals surface area contributed by atoms with Crippen molar-refractivity contribution >= 4 is 0 Å². The van der Waals surface area contributed by atoms with E-state index in [0.29, 0.717) is 5.75 Å². The van der Waals surface area contributed by atoms with Crippen molar-refractivity contribution in [1.82, 2.24) is 15.1 Å². The standard InChI is InChI=1S/C15H19N3O3/c1-19-13-8-12(9-14-15(13)21-11-20-14)10-16-4-2-6-18-7-3-5-17-18/h3,5,7-9,16H,2,4,6,10-11H2,1H3. The molecule has 0 atom stereocenters. The van der Waals surface area contributed by atoms with Crippen LogP contribution in [-0.4, -0.2) is 30.2 Å². The molecule has 0 bridgehead atoms. The second kappa shape index (κ2) is 6.49. The summed E-state index contributed by atoms with van der Waals surface area (Å²) in [7, 11) is 1.64. The van der Waals surface area contributed by atoms with Crippen LogP contribution in [0.2, 0.25) is 0 Å². The third-order valence-corrected chi connectivity index (χ3v) is 3.35. The van der Waals surface area contributed by atoms with Crippen LogP contribution in [0.1, 0.15) is 12.0 Å². The first-order valence-electron chi connectivity index (χ1n) is 7.01. The summed E-state index contributed by atoms with van der Waals surface area (Å²) in [6.07, 6.45) is 4.80. The number of methoxy groups -OCH3 is 1. The first kappa shape index (κ1) is 13.8. The molecule has 0 spiro atoms. The van der Waals surface area contributed by atoms with Gasteiger partial charge in [0.25, 0.3) is 0 Å². The zero-order valence-electron chi connectivity index (χ0n) is 12.0. The second-order valence-corrected chi connectivity index (χ2v) is 4.83. The number of benzene rings is 1. The van der Waals surface area contributed by atoms with E-state index in [2.05, 4.69) is 10.4 Å². The Bertz CT molecular complexity index is 584. The molecule has 0 amide bonds. The number of hydrogen-bond donors (Lipinski definition) is 1. The van der Waals surface area contributed by atoms with E-state index >= 15 is 0 Å². The number of nitrogens with one attached hydrogen (secondary N) is 1. The fourth-order valence-electron chi connectivity index (χ4n) is 2.32. The average molecular weight is 289 g/mol. The molecular formula is C15H19N3O3. The maximum absolute atomic E-state index is 5.42. The molecule has 21 heavy (non-hydrogen) atoms. The summed E-state index contributed by atoms with van der Waals surface area (Å²) >= 11 is 0. The van der Waals surface area contributed by atoms with Gasteiger partial charge in [0.1, 0.15) is 0 Å². The Morgan fingerprint density at radius 1 is 1.38 bits per heavy atom. The lowest BCUT2D eigenvalue weighted by atomic mass is 10.2. The predicted molar refractivity (Wildman–Crippen MR) is 77.7 cm³/mol. The smallest absolute Gasteiger partial charge is 0.231 e. The summed E-state index contributed by atoms with van der Waals surface area (Å²) in [5.74, 6) is 2.17. The SMILES string of the molecule is COc1cc(CNCCCn2cccn2)cc2c1OCO2. The molecular weight excluding hydrogens is 270 g/mol. The van der Waals surface area contributed by atoms with Crippen molar-refractivity contribution in [2.45, 2.75) is 19.5 Å². The summed E-state index contributed by atoms with van der Waals surface area (Å²) in [6, 6.07) is 5.91. The fraction of sp³-hybridized carbons (Fsp3) is 0.400. The van der Waals surface area contributed by atoms with Crippen molar-refractivity contribution < 1.29 is 14.2 Å². The summed E-state index contributed by atoms with van der Waals surface area (Å²) in [5.41, 5.74) is 1.12. The summed E-state index contributed by atoms with van der Waals surface area (Å²) < 4.78 is 18.1. The molecule has 1 aromatic carbocycles. The van der Waals surface area contributed by atoms with Crippen molar-refractivity contribution in [3.8, 4) is 17.2 Å². The quantitative estimate of drug-likeness (QED) is 0.788. The maximum Gasteiger partial charge on any atom is 0.231 e. The lowest BCUT2D eigenvalue weighted by molar-refractivity contribution is 0.171. The van der Waals surface area contributed by atoms with Gasteiger partial charge in [-0.05, 0) is 36.7 Å². The third-order valence-electron chi connectivity index (χ3n) is 3.35. The van der Waals surface area contributed by atoms with Crippen molar-refractivity contribution in [2.75, 3.05) is 20.4 Å². The number of aryl methyl sites for hydroxylation is 1. The van der Waals surface area contributed by atoms with Crippen LogP contribution in [0.3, 0.4) is 0 Å². The van der Waals surface area contributed by atoms with Crippen molar-refractivity contribution in [1.29, 1.82) is 0 Å². The molecule has 0 saturated heterocycles. The maximum atomic E-state index is 5.42. The average Bonchev–Trinajstić information content (AvgIpc) is 3.16. The molecule has 6 nitrogen and oxygen atoms in total. The van der Waals surface area contributed by atoms with Gasteiger partial charge in [0.05, 0.1) is 7.11 Å². The van der Waals surface area contributed by atoms with E-state index in [1.807, 2.05) is 29.1 Å². The summed E-state index contributed by atoms with van der Waals surface area (Å²) in [4.78, 5) is 0. The molecule has 0 aliphatic carbocycles. The Hall–Kier alpha value is -2.21. The largest absolute Gasteiger partial charge is 0.493 e. The van der Waals surface area contributed by atoms with Crippen LogP contribution in [0.5, 0.6) is 17.2 Å². The summed E-state index contributed by atoms with van der Waals surface area (Å²) in [6.45, 7) is 2.87. The molecule has 1 aliphatic heterocycles. The van der Waals surface area contributed by atoms with Crippen LogP contribution in [0.15, 0.2) is 30.6 Å². The van der Waals surface area contributed by atoms with Gasteiger partial charge < -0.3 is 19.5 Å². The topological polar surface area (TPSA) is 57.5 Å². The first-order chi connectivity index (χ1) is 10.4. The number of rotatable bonds is 7. The van der Waals surface area contributed by atoms with E-state index in [4.69, 9.17) is 14.2 Å². The number of ether oxygens (including phenoxy) is 3. The third kappa shape index (κ3) is 3.28. The molecule has 1 aromatic heterocycles. The lowest BCUT2D eigenvalue weighted by Gasteiger charge is -2.09. The molecule has 0 radical (unpaired) electrons. The minimum atomic E-state index is 0.256. The minimum absolute atomic E-state index is 0.256. The van der Waals surface area contributed by atoms with Gasteiger partial charge in [0, 0.05) is 25.5 Å². The molecule has 3 rings (SSSR count). The first-order valence-corrected chi connectivity index (χ1v) is 7.01. The van der Waals surface area contributed by atoms with Crippen LogP contribution in [-0.2, 0) is 13.1 Å². The Morgan fingerprint density at radius 3 is 3.14 bits per heavy atom. The highest BCUT2D eigenvalue weighted by Gasteiger charge is 2.19. The van der Waals surface area contributed by atoms with Crippen molar-refractivity contribution in [3.05, 3.63) is 36.2 Å². The molecule has 6 heteroatoms. The van der Waals surface area contributed by atoms with Gasteiger partial charge in [0.15, 0.2) is 11.5 Å². The highest BCUT2D eigenvalue weighted by molar-refractivity contribution is 5.55. The summed E-state index contributed by atoms with van der Waals surface area (Å²) in [5, 5.41) is 7.59. The van der Waals surface area contributed by atoms with E-state index in [9.17, 15) is 0 Å². The Kier molecular flexibility index (Phi) is 4.25. The van der Waals surface area contributed by atoms with Crippen molar-refractivity contribution in [2.24, 2.45) is 0 Å². The Balaban J connectivity index is 1.49.